The standard InChI is InChI=1S/C22H32N2O5/c1-15-7-8-19-20(11-15)23(10-9-16-5-3-2-4-6-16)21(28)22(29)24(19)13-17(26)12-18(27)14-25/h7-8,11,16-18,25-27H,2-6,9-10,12-14H2,1H3. The van der Waals surface area contributed by atoms with Gasteiger partial charge in [-0.3, -0.25) is 14.2 Å². The molecule has 0 spiro atoms. The van der Waals surface area contributed by atoms with Gasteiger partial charge in [0.25, 0.3) is 0 Å². The van der Waals surface area contributed by atoms with Crippen molar-refractivity contribution in [2.24, 2.45) is 5.92 Å². The number of rotatable bonds is 8. The molecule has 7 heteroatoms. The maximum atomic E-state index is 12.9. The molecule has 1 fully saturated rings. The fourth-order valence-corrected chi connectivity index (χ4v) is 4.39. The van der Waals surface area contributed by atoms with Crippen molar-refractivity contribution < 1.29 is 15.3 Å². The molecular formula is C22H32N2O5. The number of hydrogen-bond acceptors (Lipinski definition) is 5. The van der Waals surface area contributed by atoms with Crippen molar-refractivity contribution in [3.63, 3.8) is 0 Å². The highest BCUT2D eigenvalue weighted by Gasteiger charge is 2.19. The molecule has 3 N–H and O–H groups in total. The molecule has 2 unspecified atom stereocenters. The molecule has 3 rings (SSSR count). The molecule has 0 amide bonds. The summed E-state index contributed by atoms with van der Waals surface area (Å²) in [5.74, 6) is 0.597. The highest BCUT2D eigenvalue weighted by atomic mass is 16.3. The van der Waals surface area contributed by atoms with Crippen molar-refractivity contribution >= 4 is 11.0 Å². The summed E-state index contributed by atoms with van der Waals surface area (Å²) in [7, 11) is 0. The van der Waals surface area contributed by atoms with E-state index in [1.54, 1.807) is 10.6 Å². The number of hydrogen-bond donors (Lipinski definition) is 3. The predicted octanol–water partition coefficient (Wildman–Crippen LogP) is 1.55. The van der Waals surface area contributed by atoms with Crippen molar-refractivity contribution in [1.29, 1.82) is 0 Å². The Kier molecular flexibility index (Phi) is 7.27. The first kappa shape index (κ1) is 21.7. The van der Waals surface area contributed by atoms with Gasteiger partial charge in [0, 0.05) is 13.0 Å². The van der Waals surface area contributed by atoms with Gasteiger partial charge in [-0.1, -0.05) is 38.2 Å². The van der Waals surface area contributed by atoms with E-state index in [9.17, 15) is 19.8 Å². The van der Waals surface area contributed by atoms with Gasteiger partial charge in [-0.05, 0) is 37.0 Å². The van der Waals surface area contributed by atoms with Crippen LogP contribution in [0.2, 0.25) is 0 Å². The van der Waals surface area contributed by atoms with E-state index in [2.05, 4.69) is 0 Å². The minimum absolute atomic E-state index is 0.0684. The van der Waals surface area contributed by atoms with Crippen molar-refractivity contribution in [3.05, 3.63) is 44.5 Å². The lowest BCUT2D eigenvalue weighted by atomic mass is 9.87. The van der Waals surface area contributed by atoms with Gasteiger partial charge in [-0.25, -0.2) is 0 Å². The van der Waals surface area contributed by atoms with E-state index in [1.807, 2.05) is 19.1 Å². The molecule has 2 atom stereocenters. The molecule has 7 nitrogen and oxygen atoms in total. The Morgan fingerprint density at radius 1 is 1.00 bits per heavy atom. The second-order valence-corrected chi connectivity index (χ2v) is 8.38. The maximum absolute atomic E-state index is 12.9. The van der Waals surface area contributed by atoms with Crippen LogP contribution in [0.15, 0.2) is 27.8 Å². The SMILES string of the molecule is Cc1ccc2c(c1)n(CCC1CCCCC1)c(=O)c(=O)n2CC(O)CC(O)CO. The molecule has 29 heavy (non-hydrogen) atoms. The van der Waals surface area contributed by atoms with Crippen LogP contribution < -0.4 is 11.1 Å². The molecule has 1 heterocycles. The molecule has 1 aromatic heterocycles. The summed E-state index contributed by atoms with van der Waals surface area (Å²) in [6, 6.07) is 5.59. The van der Waals surface area contributed by atoms with Gasteiger partial charge in [0.2, 0.25) is 0 Å². The van der Waals surface area contributed by atoms with E-state index in [0.717, 1.165) is 12.0 Å². The Labute approximate surface area is 170 Å². The summed E-state index contributed by atoms with van der Waals surface area (Å²) in [5, 5.41) is 28.8. The highest BCUT2D eigenvalue weighted by molar-refractivity contribution is 5.76. The van der Waals surface area contributed by atoms with Gasteiger partial charge < -0.3 is 19.9 Å². The second-order valence-electron chi connectivity index (χ2n) is 8.38. The number of benzene rings is 1. The van der Waals surface area contributed by atoms with Gasteiger partial charge in [0.1, 0.15) is 0 Å². The van der Waals surface area contributed by atoms with E-state index >= 15 is 0 Å². The number of aliphatic hydroxyl groups is 3. The molecule has 2 aromatic rings. The first-order valence-electron chi connectivity index (χ1n) is 10.6. The molecule has 1 saturated carbocycles. The zero-order valence-corrected chi connectivity index (χ0v) is 17.1. The molecule has 1 aliphatic carbocycles. The Hall–Kier alpha value is -1.96. The zero-order chi connectivity index (χ0) is 21.0. The minimum atomic E-state index is -1.06. The second kappa shape index (κ2) is 9.69. The van der Waals surface area contributed by atoms with Gasteiger partial charge in [-0.2, -0.15) is 0 Å². The Morgan fingerprint density at radius 3 is 2.38 bits per heavy atom. The Bertz CT molecular complexity index is 943. The van der Waals surface area contributed by atoms with E-state index in [1.165, 1.54) is 36.7 Å². The first-order chi connectivity index (χ1) is 13.9. The van der Waals surface area contributed by atoms with Crippen LogP contribution in [-0.2, 0) is 13.1 Å². The summed E-state index contributed by atoms with van der Waals surface area (Å²) < 4.78 is 2.88. The summed E-state index contributed by atoms with van der Waals surface area (Å²) in [6.07, 6.45) is 4.82. The molecule has 1 aromatic carbocycles. The van der Waals surface area contributed by atoms with E-state index in [-0.39, 0.29) is 13.0 Å². The Morgan fingerprint density at radius 2 is 1.69 bits per heavy atom. The van der Waals surface area contributed by atoms with Crippen LogP contribution in [0.1, 0.15) is 50.5 Å². The summed E-state index contributed by atoms with van der Waals surface area (Å²) in [4.78, 5) is 25.7. The molecule has 0 saturated heterocycles. The summed E-state index contributed by atoms with van der Waals surface area (Å²) in [6.45, 7) is 1.89. The van der Waals surface area contributed by atoms with E-state index < -0.39 is 29.9 Å². The van der Waals surface area contributed by atoms with Crippen LogP contribution in [-0.4, -0.2) is 43.3 Å². The average Bonchev–Trinajstić information content (AvgIpc) is 2.71. The minimum Gasteiger partial charge on any atom is -0.394 e. The Balaban J connectivity index is 1.96. The van der Waals surface area contributed by atoms with Crippen LogP contribution in [0.4, 0.5) is 0 Å². The molecular weight excluding hydrogens is 372 g/mol. The van der Waals surface area contributed by atoms with Crippen molar-refractivity contribution in [1.82, 2.24) is 9.13 Å². The molecule has 0 bridgehead atoms. The van der Waals surface area contributed by atoms with Gasteiger partial charge >= 0.3 is 11.1 Å². The lowest BCUT2D eigenvalue weighted by molar-refractivity contribution is 0.0358. The van der Waals surface area contributed by atoms with Gasteiger partial charge in [0.15, 0.2) is 0 Å². The lowest BCUT2D eigenvalue weighted by Crippen LogP contribution is -2.43. The van der Waals surface area contributed by atoms with E-state index in [4.69, 9.17) is 5.11 Å². The highest BCUT2D eigenvalue weighted by Crippen LogP contribution is 2.27. The van der Waals surface area contributed by atoms with Crippen LogP contribution in [0.5, 0.6) is 0 Å². The van der Waals surface area contributed by atoms with Crippen molar-refractivity contribution in [2.75, 3.05) is 6.61 Å². The van der Waals surface area contributed by atoms with Crippen LogP contribution in [0.25, 0.3) is 11.0 Å². The number of aromatic nitrogens is 2. The smallest absolute Gasteiger partial charge is 0.317 e. The average molecular weight is 405 g/mol. The fourth-order valence-electron chi connectivity index (χ4n) is 4.39. The molecule has 160 valence electrons. The number of aryl methyl sites for hydroxylation is 2. The topological polar surface area (TPSA) is 105 Å². The molecule has 1 aliphatic rings. The number of aliphatic hydroxyl groups excluding tert-OH is 3. The molecule has 0 radical (unpaired) electrons. The third kappa shape index (κ3) is 5.15. The van der Waals surface area contributed by atoms with Crippen LogP contribution >= 0.6 is 0 Å². The van der Waals surface area contributed by atoms with Crippen LogP contribution in [0, 0.1) is 12.8 Å². The third-order valence-corrected chi connectivity index (χ3v) is 6.02. The van der Waals surface area contributed by atoms with Gasteiger partial charge in [-0.15, -0.1) is 0 Å². The monoisotopic (exact) mass is 404 g/mol. The van der Waals surface area contributed by atoms with Gasteiger partial charge in [0.05, 0.1) is 36.4 Å². The number of fused-ring (bicyclic) bond motifs is 1. The quantitative estimate of drug-likeness (QED) is 0.579. The predicted molar refractivity (Wildman–Crippen MR) is 112 cm³/mol. The van der Waals surface area contributed by atoms with Crippen LogP contribution in [0.3, 0.4) is 0 Å². The summed E-state index contributed by atoms with van der Waals surface area (Å²) in [5.41, 5.74) is 1.04. The third-order valence-electron chi connectivity index (χ3n) is 6.02. The van der Waals surface area contributed by atoms with Crippen molar-refractivity contribution in [2.45, 2.75) is 77.2 Å². The largest absolute Gasteiger partial charge is 0.394 e. The normalized spacial score (nSPS) is 17.5. The van der Waals surface area contributed by atoms with E-state index in [0.29, 0.717) is 23.5 Å². The zero-order valence-electron chi connectivity index (χ0n) is 17.1. The fraction of sp³-hybridized carbons (Fsp3) is 0.636. The van der Waals surface area contributed by atoms with Crippen molar-refractivity contribution in [3.8, 4) is 0 Å². The molecule has 0 aliphatic heterocycles. The number of nitrogens with zero attached hydrogens (tertiary/aromatic N) is 2. The first-order valence-corrected chi connectivity index (χ1v) is 10.6. The summed E-state index contributed by atoms with van der Waals surface area (Å²) >= 11 is 0. The maximum Gasteiger partial charge on any atom is 0.317 e. The lowest BCUT2D eigenvalue weighted by Gasteiger charge is -2.23.